The van der Waals surface area contributed by atoms with E-state index in [9.17, 15) is 0 Å². The van der Waals surface area contributed by atoms with E-state index in [1.54, 1.807) is 0 Å². The van der Waals surface area contributed by atoms with Crippen molar-refractivity contribution in [1.29, 1.82) is 0 Å². The van der Waals surface area contributed by atoms with E-state index >= 15 is 0 Å². The molecule has 0 N–H and O–H groups in total. The lowest BCUT2D eigenvalue weighted by atomic mass is 9.97. The van der Waals surface area contributed by atoms with E-state index in [1.165, 1.54) is 131 Å². The van der Waals surface area contributed by atoms with Gasteiger partial charge in [0.15, 0.2) is 17.5 Å². The summed E-state index contributed by atoms with van der Waals surface area (Å²) in [6.45, 7) is 0. The minimum atomic E-state index is 0.622. The average Bonchev–Trinajstić information content (AvgIpc) is 1.56. The molecule has 8 nitrogen and oxygen atoms in total. The second-order valence-electron chi connectivity index (χ2n) is 32.0. The van der Waals surface area contributed by atoms with Crippen molar-refractivity contribution >= 4 is 120 Å². The number of aromatic nitrogens is 8. The molecule has 0 fully saturated rings. The first-order valence-electron chi connectivity index (χ1n) is 42.2. The van der Waals surface area contributed by atoms with Gasteiger partial charge in [0.25, 0.3) is 0 Å². The Morgan fingerprint density at radius 3 is 0.960 bits per heavy atom. The van der Waals surface area contributed by atoms with E-state index in [4.69, 9.17) is 19.9 Å². The number of hydrogen-bond donors (Lipinski definition) is 0. The topological polar surface area (TPSA) is 71.3 Å². The van der Waals surface area contributed by atoms with E-state index in [2.05, 4.69) is 437 Å². The van der Waals surface area contributed by atoms with Crippen LogP contribution in [-0.4, -0.2) is 38.2 Å². The highest BCUT2D eigenvalue weighted by atomic mass is 15.0. The fourth-order valence-corrected chi connectivity index (χ4v) is 19.0. The number of pyridine rings is 1. The summed E-state index contributed by atoms with van der Waals surface area (Å²) in [7, 11) is 0. The van der Waals surface area contributed by atoms with Crippen LogP contribution in [0.1, 0.15) is 0 Å². The van der Waals surface area contributed by atoms with E-state index < -0.39 is 0 Å². The van der Waals surface area contributed by atoms with Crippen LogP contribution in [0.15, 0.2) is 449 Å². The molecule has 0 bridgehead atoms. The van der Waals surface area contributed by atoms with Crippen molar-refractivity contribution in [3.8, 4) is 113 Å². The Hall–Kier alpha value is -16.7. The molecule has 578 valence electrons. The highest BCUT2D eigenvalue weighted by molar-refractivity contribution is 6.21. The number of para-hydroxylation sites is 4. The van der Waals surface area contributed by atoms with Crippen LogP contribution in [0.2, 0.25) is 0 Å². The van der Waals surface area contributed by atoms with Gasteiger partial charge < -0.3 is 18.3 Å². The molecule has 8 heteroatoms. The number of benzene rings is 19. The molecule has 19 aromatic carbocycles. The first-order valence-corrected chi connectivity index (χ1v) is 42.2. The molecule has 124 heavy (non-hydrogen) atoms. The van der Waals surface area contributed by atoms with Gasteiger partial charge in [-0.15, -0.1) is 0 Å². The molecule has 0 aliphatic carbocycles. The smallest absolute Gasteiger partial charge is 0.164 e. The fraction of sp³-hybridized carbons (Fsp3) is 0. The van der Waals surface area contributed by atoms with Crippen molar-refractivity contribution < 1.29 is 0 Å². The third kappa shape index (κ3) is 12.3. The monoisotopic (exact) mass is 1580 g/mol. The Balaban J connectivity index is 0.000000141. The van der Waals surface area contributed by atoms with Gasteiger partial charge in [-0.2, -0.15) is 0 Å². The van der Waals surface area contributed by atoms with Crippen LogP contribution in [0.25, 0.3) is 232 Å². The molecule has 0 saturated heterocycles. The molecule has 0 aliphatic heterocycles. The van der Waals surface area contributed by atoms with Gasteiger partial charge in [-0.25, -0.2) is 19.9 Å². The molecule has 0 radical (unpaired) electrons. The second-order valence-corrected chi connectivity index (χ2v) is 32.0. The molecule has 6 heterocycles. The summed E-state index contributed by atoms with van der Waals surface area (Å²) in [4.78, 5) is 20.5. The molecular weight excluding hydrogens is 1510 g/mol. The lowest BCUT2D eigenvalue weighted by Crippen LogP contribution is -2.00. The summed E-state index contributed by atoms with van der Waals surface area (Å²) < 4.78 is 9.67. The largest absolute Gasteiger partial charge is 0.309 e. The maximum Gasteiger partial charge on any atom is 0.164 e. The van der Waals surface area contributed by atoms with Crippen molar-refractivity contribution in [2.75, 3.05) is 0 Å². The molecule has 25 rings (SSSR count). The van der Waals surface area contributed by atoms with E-state index in [0.717, 1.165) is 84.0 Å². The van der Waals surface area contributed by atoms with Gasteiger partial charge in [0.2, 0.25) is 0 Å². The summed E-state index contributed by atoms with van der Waals surface area (Å²) in [5, 5.41) is 17.1. The van der Waals surface area contributed by atoms with Crippen LogP contribution in [0.3, 0.4) is 0 Å². The van der Waals surface area contributed by atoms with Crippen LogP contribution < -0.4 is 0 Å². The van der Waals surface area contributed by atoms with E-state index in [0.29, 0.717) is 17.5 Å². The van der Waals surface area contributed by atoms with Crippen molar-refractivity contribution in [2.45, 2.75) is 0 Å². The quantitative estimate of drug-likeness (QED) is 0.122. The standard InChI is InChI=1S/C61H39N5.C55H35N3/c1-3-15-40(16-4-1)46-21-13-22-48(37-46)66-56-28-12-10-25-52(56)54-38-57-53(39-58(54)66)51-24-9-11-27-55(51)65(57)47-35-33-45(34-36-47)61-63-59(43-18-5-2-6-19-43)62-60(64-61)44-31-29-42(30-32-44)50-26-14-20-41-17-7-8-23-49(41)50;1-2-15-39(16-3-1)50-32-41(33-51(56-50)45-22-12-18-38-14-6-7-19-44(38)45)37-25-28-42(29-26-37)57-52-23-10-8-20-46(52)48-35-55-49(34-54(48)57)47-21-9-11-24-53(47)58(55)43-30-27-36-13-4-5-17-40(36)31-43/h1-39H;1-35H. The molecule has 0 amide bonds. The third-order valence-electron chi connectivity index (χ3n) is 24.8. The number of hydrogen-bond acceptors (Lipinski definition) is 4. The summed E-state index contributed by atoms with van der Waals surface area (Å²) in [5.41, 5.74) is 27.9. The molecule has 0 aliphatic rings. The highest BCUT2D eigenvalue weighted by Gasteiger charge is 2.24. The Morgan fingerprint density at radius 1 is 0.137 bits per heavy atom. The molecular formula is C116H74N8. The minimum Gasteiger partial charge on any atom is -0.309 e. The van der Waals surface area contributed by atoms with Gasteiger partial charge in [-0.3, -0.25) is 0 Å². The SMILES string of the molecule is c1ccc(-c2cc(-c3ccc(-n4c5ccccc5c5cc6c(cc54)c4ccccc4n6-c4ccc5ccccc5c4)cc3)cc(-c3cccc4ccccc34)n2)cc1.c1ccc(-c2cccc(-n3c4ccccc4c4cc5c(cc43)c3ccccc3n5-c3ccc(-c4nc(-c5ccccc5)nc(-c5ccc(-c6cccc7ccccc67)cc5)n4)cc3)c2)cc1. The van der Waals surface area contributed by atoms with Crippen molar-refractivity contribution in [3.63, 3.8) is 0 Å². The number of nitrogens with zero attached hydrogens (tertiary/aromatic N) is 8. The maximum absolute atomic E-state index is 5.25. The molecule has 6 aromatic heterocycles. The van der Waals surface area contributed by atoms with Crippen molar-refractivity contribution in [3.05, 3.63) is 449 Å². The van der Waals surface area contributed by atoms with Crippen LogP contribution in [0.4, 0.5) is 0 Å². The maximum atomic E-state index is 5.25. The summed E-state index contributed by atoms with van der Waals surface area (Å²) in [5.74, 6) is 1.89. The summed E-state index contributed by atoms with van der Waals surface area (Å²) >= 11 is 0. The molecule has 0 atom stereocenters. The lowest BCUT2D eigenvalue weighted by molar-refractivity contribution is 1.07. The first-order chi connectivity index (χ1) is 61.5. The van der Waals surface area contributed by atoms with Crippen LogP contribution in [0.5, 0.6) is 0 Å². The van der Waals surface area contributed by atoms with Gasteiger partial charge >= 0.3 is 0 Å². The zero-order valence-electron chi connectivity index (χ0n) is 67.3. The average molecular weight is 1580 g/mol. The van der Waals surface area contributed by atoms with Gasteiger partial charge in [0.05, 0.1) is 55.5 Å². The fourth-order valence-electron chi connectivity index (χ4n) is 19.0. The molecule has 0 spiro atoms. The number of rotatable bonds is 12. The Bertz CT molecular complexity index is 8500. The van der Waals surface area contributed by atoms with E-state index in [1.807, 2.05) is 30.3 Å². The Labute approximate surface area is 714 Å². The number of fused-ring (bicyclic) bond motifs is 15. The summed E-state index contributed by atoms with van der Waals surface area (Å²) in [6.07, 6.45) is 0. The minimum absolute atomic E-state index is 0.622. The molecule has 0 saturated carbocycles. The van der Waals surface area contributed by atoms with Gasteiger partial charge in [0.1, 0.15) is 0 Å². The molecule has 0 unspecified atom stereocenters. The van der Waals surface area contributed by atoms with E-state index in [-0.39, 0.29) is 0 Å². The van der Waals surface area contributed by atoms with Gasteiger partial charge in [-0.1, -0.05) is 328 Å². The Kier molecular flexibility index (Phi) is 17.1. The van der Waals surface area contributed by atoms with Crippen LogP contribution >= 0.6 is 0 Å². The zero-order valence-corrected chi connectivity index (χ0v) is 67.3. The normalized spacial score (nSPS) is 11.7. The van der Waals surface area contributed by atoms with Gasteiger partial charge in [0, 0.05) is 93.7 Å². The summed E-state index contributed by atoms with van der Waals surface area (Å²) in [6, 6.07) is 161. The zero-order chi connectivity index (χ0) is 81.7. The third-order valence-corrected chi connectivity index (χ3v) is 24.8. The highest BCUT2D eigenvalue weighted by Crippen LogP contribution is 2.45. The first kappa shape index (κ1) is 71.4. The van der Waals surface area contributed by atoms with Crippen LogP contribution in [-0.2, 0) is 0 Å². The predicted molar refractivity (Wildman–Crippen MR) is 517 cm³/mol. The molecule has 25 aromatic rings. The second kappa shape index (κ2) is 29.7. The van der Waals surface area contributed by atoms with Crippen molar-refractivity contribution in [2.24, 2.45) is 0 Å². The van der Waals surface area contributed by atoms with Crippen molar-refractivity contribution in [1.82, 2.24) is 38.2 Å². The van der Waals surface area contributed by atoms with Crippen LogP contribution in [0, 0.1) is 0 Å². The Morgan fingerprint density at radius 2 is 0.460 bits per heavy atom. The van der Waals surface area contributed by atoms with Gasteiger partial charge in [-0.05, 0) is 187 Å². The predicted octanol–water partition coefficient (Wildman–Crippen LogP) is 30.1. The lowest BCUT2D eigenvalue weighted by Gasteiger charge is -2.13.